The number of benzene rings is 2. The zero-order chi connectivity index (χ0) is 23.2. The van der Waals surface area contributed by atoms with E-state index in [0.717, 1.165) is 4.90 Å². The van der Waals surface area contributed by atoms with Crippen LogP contribution in [-0.4, -0.2) is 29.0 Å². The summed E-state index contributed by atoms with van der Waals surface area (Å²) in [6, 6.07) is 10.2. The fourth-order valence-electron chi connectivity index (χ4n) is 3.70. The van der Waals surface area contributed by atoms with Crippen molar-refractivity contribution in [3.63, 3.8) is 0 Å². The Morgan fingerprint density at radius 2 is 1.88 bits per heavy atom. The van der Waals surface area contributed by atoms with Crippen molar-refractivity contribution in [2.45, 2.75) is 19.6 Å². The summed E-state index contributed by atoms with van der Waals surface area (Å²) in [7, 11) is 3.72. The summed E-state index contributed by atoms with van der Waals surface area (Å²) < 4.78 is 48.4. The number of phenolic OH excluding ortho intramolecular Hbond substituents is 1. The van der Waals surface area contributed by atoms with Gasteiger partial charge < -0.3 is 14.4 Å². The lowest BCUT2D eigenvalue weighted by Crippen LogP contribution is -3.04. The van der Waals surface area contributed by atoms with Gasteiger partial charge in [-0.3, -0.25) is 4.79 Å². The van der Waals surface area contributed by atoms with Crippen LogP contribution in [0.1, 0.15) is 16.9 Å². The Kier molecular flexibility index (Phi) is 5.29. The molecule has 0 amide bonds. The van der Waals surface area contributed by atoms with Crippen LogP contribution < -0.4 is 10.3 Å². The third-order valence-electron chi connectivity index (χ3n) is 5.16. The zero-order valence-electron chi connectivity index (χ0n) is 17.6. The first-order chi connectivity index (χ1) is 15.1. The molecule has 0 aliphatic rings. The lowest BCUT2D eigenvalue weighted by molar-refractivity contribution is -0.872. The molecule has 2 N–H and O–H groups in total. The van der Waals surface area contributed by atoms with Crippen molar-refractivity contribution in [2.24, 2.45) is 0 Å². The van der Waals surface area contributed by atoms with Crippen LogP contribution in [0, 0.1) is 6.92 Å². The summed E-state index contributed by atoms with van der Waals surface area (Å²) in [5.74, 6) is -1.60. The van der Waals surface area contributed by atoms with E-state index in [1.807, 2.05) is 14.1 Å². The van der Waals surface area contributed by atoms with Crippen LogP contribution in [0.4, 0.5) is 13.2 Å². The third kappa shape index (κ3) is 3.75. The second kappa shape index (κ2) is 7.83. The molecule has 9 heteroatoms. The number of nitrogens with zero attached hydrogens (tertiary/aromatic N) is 2. The van der Waals surface area contributed by atoms with Gasteiger partial charge in [0.15, 0.2) is 0 Å². The number of phenols is 1. The molecule has 2 heterocycles. The molecule has 32 heavy (non-hydrogen) atoms. The van der Waals surface area contributed by atoms with E-state index in [0.29, 0.717) is 17.8 Å². The highest BCUT2D eigenvalue weighted by atomic mass is 19.4. The second-order valence-corrected chi connectivity index (χ2v) is 7.91. The van der Waals surface area contributed by atoms with E-state index in [9.17, 15) is 23.1 Å². The Bertz CT molecular complexity index is 1360. The van der Waals surface area contributed by atoms with Crippen molar-refractivity contribution < 1.29 is 27.6 Å². The van der Waals surface area contributed by atoms with E-state index in [-0.39, 0.29) is 27.8 Å². The third-order valence-corrected chi connectivity index (χ3v) is 5.16. The van der Waals surface area contributed by atoms with E-state index in [2.05, 4.69) is 5.10 Å². The number of alkyl halides is 3. The number of halogens is 3. The quantitative estimate of drug-likeness (QED) is 0.507. The molecule has 4 rings (SSSR count). The average Bonchev–Trinajstić information content (AvgIpc) is 3.21. The van der Waals surface area contributed by atoms with E-state index >= 15 is 0 Å². The number of quaternary nitrogens is 1. The SMILES string of the molecule is Cc1c(O)c(C[NH+](C)C)cc2c(=O)c(-c3cnn(-c4ccccc4)c3)c(C(F)(F)F)oc12. The van der Waals surface area contributed by atoms with Gasteiger partial charge in [-0.05, 0) is 25.1 Å². The summed E-state index contributed by atoms with van der Waals surface area (Å²) in [5.41, 5.74) is -0.557. The van der Waals surface area contributed by atoms with Crippen LogP contribution in [0.2, 0.25) is 0 Å². The van der Waals surface area contributed by atoms with Gasteiger partial charge in [0, 0.05) is 22.9 Å². The van der Waals surface area contributed by atoms with Crippen molar-refractivity contribution in [3.8, 4) is 22.6 Å². The fourth-order valence-corrected chi connectivity index (χ4v) is 3.70. The molecule has 6 nitrogen and oxygen atoms in total. The maximum atomic E-state index is 13.9. The average molecular weight is 444 g/mol. The first-order valence-corrected chi connectivity index (χ1v) is 9.87. The molecule has 0 saturated heterocycles. The minimum absolute atomic E-state index is 0.0117. The predicted molar refractivity (Wildman–Crippen MR) is 113 cm³/mol. The Morgan fingerprint density at radius 3 is 2.50 bits per heavy atom. The van der Waals surface area contributed by atoms with Crippen molar-refractivity contribution in [1.29, 1.82) is 0 Å². The van der Waals surface area contributed by atoms with Gasteiger partial charge in [-0.25, -0.2) is 4.68 Å². The molecule has 4 aromatic rings. The molecule has 0 spiro atoms. The highest BCUT2D eigenvalue weighted by Gasteiger charge is 2.40. The van der Waals surface area contributed by atoms with Gasteiger partial charge in [0.1, 0.15) is 17.9 Å². The molecule has 0 aliphatic heterocycles. The van der Waals surface area contributed by atoms with Gasteiger partial charge in [-0.2, -0.15) is 18.3 Å². The largest absolute Gasteiger partial charge is 0.507 e. The van der Waals surface area contributed by atoms with E-state index in [4.69, 9.17) is 4.42 Å². The molecule has 0 aliphatic carbocycles. The summed E-state index contributed by atoms with van der Waals surface area (Å²) in [6.45, 7) is 1.81. The van der Waals surface area contributed by atoms with Gasteiger partial charge in [-0.15, -0.1) is 0 Å². The second-order valence-electron chi connectivity index (χ2n) is 7.91. The Labute approximate surface area is 181 Å². The van der Waals surface area contributed by atoms with Gasteiger partial charge in [0.2, 0.25) is 11.2 Å². The highest BCUT2D eigenvalue weighted by Crippen LogP contribution is 2.39. The van der Waals surface area contributed by atoms with E-state index in [1.165, 1.54) is 30.1 Å². The summed E-state index contributed by atoms with van der Waals surface area (Å²) >= 11 is 0. The maximum Gasteiger partial charge on any atom is 0.450 e. The zero-order valence-corrected chi connectivity index (χ0v) is 17.6. The molecule has 0 unspecified atom stereocenters. The Balaban J connectivity index is 2.01. The van der Waals surface area contributed by atoms with E-state index in [1.54, 1.807) is 30.3 Å². The van der Waals surface area contributed by atoms with Crippen molar-refractivity contribution in [2.75, 3.05) is 14.1 Å². The molecule has 0 bridgehead atoms. The van der Waals surface area contributed by atoms with Crippen LogP contribution in [0.3, 0.4) is 0 Å². The number of hydrogen-bond donors (Lipinski definition) is 2. The number of fused-ring (bicyclic) bond motifs is 1. The number of rotatable bonds is 4. The van der Waals surface area contributed by atoms with Gasteiger partial charge >= 0.3 is 6.18 Å². The summed E-state index contributed by atoms with van der Waals surface area (Å²) in [4.78, 5) is 14.3. The number of nitrogens with one attached hydrogen (secondary N) is 1. The number of aromatic hydroxyl groups is 1. The number of aryl methyl sites for hydroxylation is 1. The molecule has 0 atom stereocenters. The van der Waals surface area contributed by atoms with Gasteiger partial charge in [-0.1, -0.05) is 18.2 Å². The molecule has 2 aromatic carbocycles. The lowest BCUT2D eigenvalue weighted by atomic mass is 10.00. The number of para-hydroxylation sites is 1. The van der Waals surface area contributed by atoms with Crippen LogP contribution in [0.5, 0.6) is 5.75 Å². The number of hydrogen-bond acceptors (Lipinski definition) is 4. The Hall–Kier alpha value is -3.59. The van der Waals surface area contributed by atoms with E-state index < -0.39 is 22.9 Å². The predicted octanol–water partition coefficient (Wildman–Crippen LogP) is 3.32. The molecular formula is C23H21F3N3O3+. The standard InChI is InChI=1S/C23H20F3N3O3/c1-13-19(30)14(11-28(2)3)9-17-20(31)18(22(23(24,25)26)32-21(13)17)15-10-27-29(12-15)16-7-5-4-6-8-16/h4-10,12,30H,11H2,1-3H3/p+1. The maximum absolute atomic E-state index is 13.9. The lowest BCUT2D eigenvalue weighted by Gasteiger charge is -2.15. The first-order valence-electron chi connectivity index (χ1n) is 9.87. The smallest absolute Gasteiger partial charge is 0.450 e. The molecule has 2 aromatic heterocycles. The fraction of sp³-hybridized carbons (Fsp3) is 0.217. The van der Waals surface area contributed by atoms with Crippen molar-refractivity contribution in [1.82, 2.24) is 9.78 Å². The number of aromatic nitrogens is 2. The summed E-state index contributed by atoms with van der Waals surface area (Å²) in [6.07, 6.45) is -2.36. The minimum atomic E-state index is -4.92. The van der Waals surface area contributed by atoms with Crippen LogP contribution in [0.25, 0.3) is 27.8 Å². The Morgan fingerprint density at radius 1 is 1.19 bits per heavy atom. The van der Waals surface area contributed by atoms with Crippen molar-refractivity contribution >= 4 is 11.0 Å². The topological polar surface area (TPSA) is 72.7 Å². The van der Waals surface area contributed by atoms with Crippen LogP contribution in [0.15, 0.2) is 58.0 Å². The van der Waals surface area contributed by atoms with Crippen LogP contribution in [-0.2, 0) is 12.7 Å². The first kappa shape index (κ1) is 21.6. The van der Waals surface area contributed by atoms with Crippen molar-refractivity contribution in [3.05, 3.63) is 75.9 Å². The minimum Gasteiger partial charge on any atom is -0.507 e. The molecule has 0 fully saturated rings. The normalized spacial score (nSPS) is 12.1. The molecular weight excluding hydrogens is 423 g/mol. The van der Waals surface area contributed by atoms with Gasteiger partial charge in [0.25, 0.3) is 0 Å². The molecule has 0 saturated carbocycles. The summed E-state index contributed by atoms with van der Waals surface area (Å²) in [5, 5.41) is 14.6. The van der Waals surface area contributed by atoms with Crippen LogP contribution >= 0.6 is 0 Å². The molecule has 0 radical (unpaired) electrons. The molecule has 166 valence electrons. The van der Waals surface area contributed by atoms with Gasteiger partial charge in [0.05, 0.1) is 36.9 Å². The highest BCUT2D eigenvalue weighted by molar-refractivity contribution is 5.87. The monoisotopic (exact) mass is 444 g/mol.